The maximum atomic E-state index is 5.18. The molecule has 5 nitrogen and oxygen atoms in total. The molecule has 0 fully saturated rings. The summed E-state index contributed by atoms with van der Waals surface area (Å²) < 4.78 is 2.27. The number of rotatable bonds is 3. The van der Waals surface area contributed by atoms with Crippen LogP contribution in [0.3, 0.4) is 0 Å². The van der Waals surface area contributed by atoms with Gasteiger partial charge in [-0.05, 0) is 39.8 Å². The fourth-order valence-electron chi connectivity index (χ4n) is 7.12. The normalized spacial score (nSPS) is 13.4. The summed E-state index contributed by atoms with van der Waals surface area (Å²) >= 11 is 0. The molecule has 3 heterocycles. The van der Waals surface area contributed by atoms with E-state index in [2.05, 4.69) is 102 Å². The van der Waals surface area contributed by atoms with Gasteiger partial charge in [0.15, 0.2) is 11.6 Å². The lowest BCUT2D eigenvalue weighted by molar-refractivity contribution is 0.664. The van der Waals surface area contributed by atoms with Crippen LogP contribution >= 0.6 is 0 Å². The number of hydrogen-bond acceptors (Lipinski definition) is 4. The predicted molar refractivity (Wildman–Crippen MR) is 178 cm³/mol. The van der Waals surface area contributed by atoms with Gasteiger partial charge in [0.1, 0.15) is 0 Å². The first-order valence-corrected chi connectivity index (χ1v) is 14.9. The van der Waals surface area contributed by atoms with Gasteiger partial charge < -0.3 is 0 Å². The lowest BCUT2D eigenvalue weighted by Crippen LogP contribution is -2.17. The highest BCUT2D eigenvalue weighted by molar-refractivity contribution is 6.14. The number of fused-ring (bicyclic) bond motifs is 9. The zero-order valence-electron chi connectivity index (χ0n) is 24.4. The lowest BCUT2D eigenvalue weighted by atomic mass is 9.81. The molecule has 0 radical (unpaired) electrons. The second kappa shape index (κ2) is 9.16. The largest absolute Gasteiger partial charge is 0.277 e. The van der Waals surface area contributed by atoms with Gasteiger partial charge in [-0.25, -0.2) is 4.98 Å². The number of para-hydroxylation sites is 1. The Balaban J connectivity index is 1.42. The van der Waals surface area contributed by atoms with Crippen molar-refractivity contribution < 1.29 is 0 Å². The molecule has 0 saturated heterocycles. The predicted octanol–water partition coefficient (Wildman–Crippen LogP) is 9.16. The summed E-state index contributed by atoms with van der Waals surface area (Å²) in [7, 11) is 0. The molecular weight excluding hydrogens is 538 g/mol. The first-order valence-electron chi connectivity index (χ1n) is 14.9. The quantitative estimate of drug-likeness (QED) is 0.214. The van der Waals surface area contributed by atoms with E-state index in [1.165, 1.54) is 38.4 Å². The Morgan fingerprint density at radius 3 is 2.00 bits per heavy atom. The average molecular weight is 566 g/mol. The third-order valence-corrected chi connectivity index (χ3v) is 9.11. The van der Waals surface area contributed by atoms with Crippen molar-refractivity contribution in [3.05, 3.63) is 139 Å². The van der Waals surface area contributed by atoms with Crippen LogP contribution < -0.4 is 0 Å². The van der Waals surface area contributed by atoms with Crippen LogP contribution in [-0.4, -0.2) is 24.5 Å². The van der Waals surface area contributed by atoms with Crippen molar-refractivity contribution in [2.45, 2.75) is 19.3 Å². The summed E-state index contributed by atoms with van der Waals surface area (Å²) in [5.74, 6) is 1.90. The molecule has 0 aliphatic heterocycles. The maximum absolute atomic E-state index is 5.18. The highest BCUT2D eigenvalue weighted by atomic mass is 15.2. The van der Waals surface area contributed by atoms with Crippen molar-refractivity contribution in [3.63, 3.8) is 0 Å². The van der Waals surface area contributed by atoms with Gasteiger partial charge in [-0.1, -0.05) is 117 Å². The first kappa shape index (κ1) is 24.9. The molecule has 1 aliphatic rings. The van der Waals surface area contributed by atoms with Crippen molar-refractivity contribution in [1.29, 1.82) is 0 Å². The molecule has 1 aliphatic carbocycles. The molecule has 5 aromatic carbocycles. The monoisotopic (exact) mass is 565 g/mol. The van der Waals surface area contributed by atoms with Gasteiger partial charge in [0.25, 0.3) is 0 Å². The van der Waals surface area contributed by atoms with Gasteiger partial charge >= 0.3 is 0 Å². The molecule has 0 N–H and O–H groups in total. The topological polar surface area (TPSA) is 56.5 Å². The fourth-order valence-corrected chi connectivity index (χ4v) is 7.12. The van der Waals surface area contributed by atoms with E-state index < -0.39 is 0 Å². The highest BCUT2D eigenvalue weighted by Gasteiger charge is 2.39. The van der Waals surface area contributed by atoms with E-state index in [0.717, 1.165) is 27.5 Å². The van der Waals surface area contributed by atoms with Crippen molar-refractivity contribution in [2.75, 3.05) is 0 Å². The van der Waals surface area contributed by atoms with Gasteiger partial charge in [-0.15, -0.1) is 0 Å². The van der Waals surface area contributed by atoms with Crippen LogP contribution in [0.25, 0.3) is 72.4 Å². The smallest absolute Gasteiger partial charge is 0.238 e. The van der Waals surface area contributed by atoms with E-state index in [9.17, 15) is 0 Å². The van der Waals surface area contributed by atoms with E-state index in [0.29, 0.717) is 17.6 Å². The Morgan fingerprint density at radius 1 is 0.591 bits per heavy atom. The summed E-state index contributed by atoms with van der Waals surface area (Å²) in [6.07, 6.45) is 3.85. The van der Waals surface area contributed by atoms with Crippen molar-refractivity contribution in [2.24, 2.45) is 0 Å². The van der Waals surface area contributed by atoms with Gasteiger partial charge in [0.2, 0.25) is 5.95 Å². The molecule has 0 unspecified atom stereocenters. The fraction of sp³-hybridized carbons (Fsp3) is 0.0769. The molecule has 9 rings (SSSR count). The molecule has 0 spiro atoms. The van der Waals surface area contributed by atoms with Crippen LogP contribution in [0, 0.1) is 0 Å². The summed E-state index contributed by atoms with van der Waals surface area (Å²) in [6, 6.07) is 40.1. The number of nitrogens with zero attached hydrogens (tertiary/aromatic N) is 5. The van der Waals surface area contributed by atoms with Crippen LogP contribution in [0.15, 0.2) is 128 Å². The van der Waals surface area contributed by atoms with Crippen molar-refractivity contribution in [3.8, 4) is 39.9 Å². The molecule has 5 heteroatoms. The Kier molecular flexibility index (Phi) is 5.18. The zero-order valence-corrected chi connectivity index (χ0v) is 24.4. The van der Waals surface area contributed by atoms with E-state index in [4.69, 9.17) is 15.0 Å². The summed E-state index contributed by atoms with van der Waals surface area (Å²) in [5.41, 5.74) is 8.99. The Labute approximate surface area is 254 Å². The number of aromatic nitrogens is 5. The molecule has 0 amide bonds. The molecule has 44 heavy (non-hydrogen) atoms. The second-order valence-electron chi connectivity index (χ2n) is 12.0. The standard InChI is InChI=1S/C39H27N5/c1-39(2)31-20-17-26-23-40-22-21-27(26)33(31)30-19-18-29-28-15-9-10-16-32(28)44(35(29)34(30)39)38-42-36(24-11-5-3-6-12-24)41-37(43-38)25-13-7-4-8-14-25/h3-23H,1-2H3. The maximum Gasteiger partial charge on any atom is 0.238 e. The van der Waals surface area contributed by atoms with E-state index in [1.54, 1.807) is 0 Å². The second-order valence-corrected chi connectivity index (χ2v) is 12.0. The Hall–Kier alpha value is -5.68. The van der Waals surface area contributed by atoms with Crippen LogP contribution in [0.2, 0.25) is 0 Å². The SMILES string of the molecule is CC1(C)c2ccc3cnccc3c2-c2ccc3c4ccccc4n(-c4nc(-c5ccccc5)nc(-c5ccccc5)n4)c3c21. The Morgan fingerprint density at radius 2 is 1.27 bits per heavy atom. The molecule has 0 atom stereocenters. The van der Waals surface area contributed by atoms with E-state index in [-0.39, 0.29) is 5.41 Å². The van der Waals surface area contributed by atoms with E-state index in [1.807, 2.05) is 48.8 Å². The molecule has 0 saturated carbocycles. The van der Waals surface area contributed by atoms with E-state index >= 15 is 0 Å². The zero-order chi connectivity index (χ0) is 29.4. The van der Waals surface area contributed by atoms with Gasteiger partial charge in [0.05, 0.1) is 11.0 Å². The number of pyridine rings is 1. The molecular formula is C39H27N5. The third kappa shape index (κ3) is 3.47. The van der Waals surface area contributed by atoms with Gasteiger partial charge in [0, 0.05) is 45.1 Å². The minimum absolute atomic E-state index is 0.259. The number of benzene rings is 5. The first-order chi connectivity index (χ1) is 21.6. The average Bonchev–Trinajstić information content (AvgIpc) is 3.54. The number of hydrogen-bond donors (Lipinski definition) is 0. The summed E-state index contributed by atoms with van der Waals surface area (Å²) in [6.45, 7) is 4.68. The van der Waals surface area contributed by atoms with Crippen LogP contribution in [0.5, 0.6) is 0 Å². The van der Waals surface area contributed by atoms with Gasteiger partial charge in [-0.3, -0.25) is 9.55 Å². The lowest BCUT2D eigenvalue weighted by Gasteiger charge is -2.23. The van der Waals surface area contributed by atoms with Crippen LogP contribution in [0.1, 0.15) is 25.0 Å². The molecule has 3 aromatic heterocycles. The summed E-state index contributed by atoms with van der Waals surface area (Å²) in [4.78, 5) is 19.7. The molecule has 0 bridgehead atoms. The minimum atomic E-state index is -0.259. The molecule has 208 valence electrons. The highest BCUT2D eigenvalue weighted by Crippen LogP contribution is 2.54. The minimum Gasteiger partial charge on any atom is -0.277 e. The summed E-state index contributed by atoms with van der Waals surface area (Å²) in [5, 5.41) is 4.74. The Bertz CT molecular complexity index is 2350. The third-order valence-electron chi connectivity index (χ3n) is 9.11. The van der Waals surface area contributed by atoms with Gasteiger partial charge in [-0.2, -0.15) is 9.97 Å². The van der Waals surface area contributed by atoms with Crippen LogP contribution in [-0.2, 0) is 5.41 Å². The molecule has 8 aromatic rings. The van der Waals surface area contributed by atoms with Crippen molar-refractivity contribution >= 4 is 32.6 Å². The van der Waals surface area contributed by atoms with Crippen molar-refractivity contribution in [1.82, 2.24) is 24.5 Å². The van der Waals surface area contributed by atoms with Crippen LogP contribution in [0.4, 0.5) is 0 Å².